The van der Waals surface area contributed by atoms with Crippen LogP contribution in [0.5, 0.6) is 0 Å². The van der Waals surface area contributed by atoms with Crippen LogP contribution < -0.4 is 4.90 Å². The summed E-state index contributed by atoms with van der Waals surface area (Å²) >= 11 is 1.85. The molecule has 0 radical (unpaired) electrons. The average Bonchev–Trinajstić information content (AvgIpc) is 4.11. The fraction of sp³-hybridized carbons (Fsp3) is 0.0476. The Labute approximate surface area is 392 Å². The van der Waals surface area contributed by atoms with Gasteiger partial charge in [0, 0.05) is 75.4 Å². The summed E-state index contributed by atoms with van der Waals surface area (Å²) in [5.41, 5.74) is 18.3. The molecule has 316 valence electrons. The minimum atomic E-state index is -0.0921. The van der Waals surface area contributed by atoms with Crippen molar-refractivity contribution in [1.82, 2.24) is 4.57 Å². The van der Waals surface area contributed by atoms with Gasteiger partial charge in [-0.05, 0) is 124 Å². The van der Waals surface area contributed by atoms with Crippen LogP contribution in [0, 0.1) is 0 Å². The summed E-state index contributed by atoms with van der Waals surface area (Å²) in [7, 11) is 0. The molecule has 3 aromatic heterocycles. The van der Waals surface area contributed by atoms with Gasteiger partial charge in [0.2, 0.25) is 0 Å². The zero-order valence-corrected chi connectivity index (χ0v) is 37.8. The summed E-state index contributed by atoms with van der Waals surface area (Å²) in [4.78, 5) is 2.44. The lowest BCUT2D eigenvalue weighted by Crippen LogP contribution is -2.14. The fourth-order valence-corrected chi connectivity index (χ4v) is 12.2. The number of aromatic nitrogens is 1. The fourth-order valence-electron chi connectivity index (χ4n) is 11.2. The molecule has 0 atom stereocenters. The largest absolute Gasteiger partial charge is 0.455 e. The molecule has 1 aliphatic carbocycles. The van der Waals surface area contributed by atoms with Gasteiger partial charge in [0.05, 0.1) is 11.0 Å². The summed E-state index contributed by atoms with van der Waals surface area (Å²) in [6, 6.07) is 80.2. The van der Waals surface area contributed by atoms with Gasteiger partial charge in [-0.1, -0.05) is 147 Å². The first kappa shape index (κ1) is 38.1. The smallest absolute Gasteiger partial charge is 0.143 e. The van der Waals surface area contributed by atoms with Gasteiger partial charge in [-0.15, -0.1) is 11.3 Å². The van der Waals surface area contributed by atoms with Crippen molar-refractivity contribution in [1.29, 1.82) is 0 Å². The molecule has 3 nitrogen and oxygen atoms in total. The van der Waals surface area contributed by atoms with E-state index in [-0.39, 0.29) is 5.41 Å². The molecular formula is C63H42N2OS. The van der Waals surface area contributed by atoms with Crippen molar-refractivity contribution in [2.75, 3.05) is 4.90 Å². The van der Waals surface area contributed by atoms with E-state index in [1.165, 1.54) is 75.4 Å². The van der Waals surface area contributed by atoms with Crippen LogP contribution in [-0.2, 0) is 5.41 Å². The summed E-state index contributed by atoms with van der Waals surface area (Å²) in [6.07, 6.45) is 0. The van der Waals surface area contributed by atoms with Crippen LogP contribution in [0.1, 0.15) is 25.0 Å². The van der Waals surface area contributed by atoms with Crippen LogP contribution in [0.3, 0.4) is 0 Å². The van der Waals surface area contributed by atoms with Crippen molar-refractivity contribution in [3.63, 3.8) is 0 Å². The molecule has 14 rings (SSSR count). The molecule has 0 amide bonds. The van der Waals surface area contributed by atoms with Crippen LogP contribution >= 0.6 is 11.3 Å². The molecule has 67 heavy (non-hydrogen) atoms. The molecule has 13 aromatic rings. The predicted octanol–water partition coefficient (Wildman–Crippen LogP) is 18.2. The first-order valence-corrected chi connectivity index (χ1v) is 23.9. The number of para-hydroxylation sites is 3. The summed E-state index contributed by atoms with van der Waals surface area (Å²) in [5, 5.41) is 7.22. The zero-order valence-electron chi connectivity index (χ0n) is 37.0. The van der Waals surface area contributed by atoms with E-state index in [0.717, 1.165) is 55.8 Å². The summed E-state index contributed by atoms with van der Waals surface area (Å²) < 4.78 is 11.8. The molecule has 0 unspecified atom stereocenters. The number of fused-ring (bicyclic) bond motifs is 12. The first-order chi connectivity index (χ1) is 33.0. The number of rotatable bonds is 6. The molecule has 0 fully saturated rings. The Morgan fingerprint density at radius 2 is 1.03 bits per heavy atom. The molecule has 4 heteroatoms. The van der Waals surface area contributed by atoms with E-state index in [1.807, 2.05) is 11.3 Å². The number of furan rings is 1. The second kappa shape index (κ2) is 14.4. The van der Waals surface area contributed by atoms with Crippen molar-refractivity contribution in [3.05, 3.63) is 230 Å². The highest BCUT2D eigenvalue weighted by molar-refractivity contribution is 7.25. The minimum Gasteiger partial charge on any atom is -0.455 e. The van der Waals surface area contributed by atoms with Gasteiger partial charge in [-0.2, -0.15) is 0 Å². The van der Waals surface area contributed by atoms with E-state index in [9.17, 15) is 0 Å². The standard InChI is InChI=1S/C63H42N2OS/c1-63(2)55-21-8-3-16-46(55)47-32-28-41(35-56(47)63)40-14-13-15-43(34-40)64(44-31-33-61-53(36-44)51-20-7-12-25-60(51)67-61)45-37-52(62-54(38-45)50-19-6-11-24-59(50)66-62)39-26-29-42(30-27-39)65-57-22-9-4-17-48(57)49-18-5-10-23-58(49)65/h3-38H,1-2H3. The molecule has 0 saturated carbocycles. The van der Waals surface area contributed by atoms with E-state index < -0.39 is 0 Å². The third-order valence-corrected chi connectivity index (χ3v) is 15.5. The lowest BCUT2D eigenvalue weighted by Gasteiger charge is -2.27. The van der Waals surface area contributed by atoms with Gasteiger partial charge in [0.1, 0.15) is 11.2 Å². The van der Waals surface area contributed by atoms with E-state index in [4.69, 9.17) is 4.42 Å². The van der Waals surface area contributed by atoms with E-state index in [0.29, 0.717) is 0 Å². The van der Waals surface area contributed by atoms with E-state index in [1.54, 1.807) is 0 Å². The molecule has 10 aromatic carbocycles. The molecule has 3 heterocycles. The maximum Gasteiger partial charge on any atom is 0.143 e. The quantitative estimate of drug-likeness (QED) is 0.166. The molecule has 0 saturated heterocycles. The van der Waals surface area contributed by atoms with Crippen LogP contribution in [-0.4, -0.2) is 4.57 Å². The number of hydrogen-bond donors (Lipinski definition) is 0. The molecule has 0 aliphatic heterocycles. The number of benzene rings is 10. The highest BCUT2D eigenvalue weighted by Gasteiger charge is 2.35. The van der Waals surface area contributed by atoms with Crippen LogP contribution in [0.4, 0.5) is 17.1 Å². The average molecular weight is 875 g/mol. The molecule has 1 aliphatic rings. The molecular weight excluding hydrogens is 833 g/mol. The topological polar surface area (TPSA) is 21.3 Å². The Bertz CT molecular complexity index is 4090. The number of hydrogen-bond acceptors (Lipinski definition) is 3. The zero-order chi connectivity index (χ0) is 44.4. The Kier molecular flexibility index (Phi) is 8.20. The monoisotopic (exact) mass is 874 g/mol. The second-order valence-electron chi connectivity index (χ2n) is 18.5. The van der Waals surface area contributed by atoms with Crippen molar-refractivity contribution < 1.29 is 4.42 Å². The van der Waals surface area contributed by atoms with Crippen LogP contribution in [0.15, 0.2) is 223 Å². The molecule has 0 bridgehead atoms. The van der Waals surface area contributed by atoms with Crippen molar-refractivity contribution in [2.24, 2.45) is 0 Å². The van der Waals surface area contributed by atoms with Crippen molar-refractivity contribution >= 4 is 92.3 Å². The lowest BCUT2D eigenvalue weighted by molar-refractivity contribution is 0.660. The first-order valence-electron chi connectivity index (χ1n) is 23.1. The summed E-state index contributed by atoms with van der Waals surface area (Å²) in [6.45, 7) is 4.71. The number of anilines is 3. The van der Waals surface area contributed by atoms with Gasteiger partial charge in [-0.25, -0.2) is 0 Å². The maximum atomic E-state index is 6.83. The second-order valence-corrected chi connectivity index (χ2v) is 19.6. The van der Waals surface area contributed by atoms with Gasteiger partial charge in [0.15, 0.2) is 0 Å². The normalized spacial score (nSPS) is 13.0. The third kappa shape index (κ3) is 5.76. The highest BCUT2D eigenvalue weighted by atomic mass is 32.1. The van der Waals surface area contributed by atoms with E-state index >= 15 is 0 Å². The Balaban J connectivity index is 0.969. The van der Waals surface area contributed by atoms with Crippen molar-refractivity contribution in [2.45, 2.75) is 19.3 Å². The Morgan fingerprint density at radius 3 is 1.85 bits per heavy atom. The lowest BCUT2D eigenvalue weighted by atomic mass is 9.81. The summed E-state index contributed by atoms with van der Waals surface area (Å²) in [5.74, 6) is 0. The Morgan fingerprint density at radius 1 is 0.403 bits per heavy atom. The molecule has 0 spiro atoms. The van der Waals surface area contributed by atoms with Gasteiger partial charge >= 0.3 is 0 Å². The SMILES string of the molecule is CC1(C)c2ccccc2-c2ccc(-c3cccc(N(c4ccc5sc6ccccc6c5c4)c4cc(-c5ccc(-n6c7ccccc7c7ccccc76)cc5)c5oc6ccccc6c5c4)c3)cc21. The number of nitrogens with zero attached hydrogens (tertiary/aromatic N) is 2. The third-order valence-electron chi connectivity index (χ3n) is 14.4. The highest BCUT2D eigenvalue weighted by Crippen LogP contribution is 2.51. The van der Waals surface area contributed by atoms with E-state index in [2.05, 4.69) is 242 Å². The predicted molar refractivity (Wildman–Crippen MR) is 284 cm³/mol. The van der Waals surface area contributed by atoms with Gasteiger partial charge < -0.3 is 13.9 Å². The van der Waals surface area contributed by atoms with Gasteiger partial charge in [0.25, 0.3) is 0 Å². The van der Waals surface area contributed by atoms with Gasteiger partial charge in [-0.3, -0.25) is 0 Å². The van der Waals surface area contributed by atoms with Crippen molar-refractivity contribution in [3.8, 4) is 39.1 Å². The maximum absolute atomic E-state index is 6.83. The molecule has 0 N–H and O–H groups in total. The van der Waals surface area contributed by atoms with Crippen LogP contribution in [0.2, 0.25) is 0 Å². The minimum absolute atomic E-state index is 0.0921. The Hall–Kier alpha value is -8.18. The number of thiophene rings is 1. The van der Waals surface area contributed by atoms with Crippen LogP contribution in [0.25, 0.3) is 103 Å².